The topological polar surface area (TPSA) is 49.6 Å². The highest BCUT2D eigenvalue weighted by molar-refractivity contribution is 5.82. The summed E-state index contributed by atoms with van der Waals surface area (Å²) >= 11 is 0. The number of carbonyl (C=O) groups is 1. The largest absolute Gasteiger partial charge is 0.340 e. The molecule has 2 rings (SSSR count). The number of nitrogens with zero attached hydrogens (tertiary/aromatic N) is 2. The van der Waals surface area contributed by atoms with Crippen molar-refractivity contribution < 1.29 is 4.79 Å². The van der Waals surface area contributed by atoms with Crippen LogP contribution in [0.25, 0.3) is 0 Å². The van der Waals surface area contributed by atoms with Gasteiger partial charge in [0.25, 0.3) is 0 Å². The molecule has 1 aromatic rings. The lowest BCUT2D eigenvalue weighted by atomic mass is 10.0. The molecule has 0 bridgehead atoms. The SMILES string of the molecule is CN(C)[C@H]1CCCN(C(=O)[C@H](N)Cc2ccccc2)C1. The van der Waals surface area contributed by atoms with Gasteiger partial charge < -0.3 is 15.5 Å². The summed E-state index contributed by atoms with van der Waals surface area (Å²) < 4.78 is 0. The molecule has 0 aromatic heterocycles. The van der Waals surface area contributed by atoms with Crippen molar-refractivity contribution in [2.24, 2.45) is 5.73 Å². The van der Waals surface area contributed by atoms with Crippen molar-refractivity contribution in [3.05, 3.63) is 35.9 Å². The lowest BCUT2D eigenvalue weighted by molar-refractivity contribution is -0.134. The van der Waals surface area contributed by atoms with Crippen LogP contribution in [0.5, 0.6) is 0 Å². The molecule has 0 unspecified atom stereocenters. The molecule has 4 heteroatoms. The molecule has 1 aliphatic heterocycles. The minimum absolute atomic E-state index is 0.0837. The van der Waals surface area contributed by atoms with E-state index < -0.39 is 6.04 Å². The van der Waals surface area contributed by atoms with Crippen LogP contribution in [0.15, 0.2) is 30.3 Å². The van der Waals surface area contributed by atoms with Gasteiger partial charge in [0.15, 0.2) is 0 Å². The molecule has 2 N–H and O–H groups in total. The molecule has 1 amide bonds. The Labute approximate surface area is 121 Å². The lowest BCUT2D eigenvalue weighted by Gasteiger charge is -2.37. The van der Waals surface area contributed by atoms with Crippen LogP contribution < -0.4 is 5.73 Å². The molecule has 2 atom stereocenters. The molecule has 1 saturated heterocycles. The Morgan fingerprint density at radius 3 is 2.75 bits per heavy atom. The number of piperidine rings is 1. The zero-order chi connectivity index (χ0) is 14.5. The van der Waals surface area contributed by atoms with Crippen LogP contribution in [0.1, 0.15) is 18.4 Å². The maximum Gasteiger partial charge on any atom is 0.239 e. The quantitative estimate of drug-likeness (QED) is 0.895. The molecule has 20 heavy (non-hydrogen) atoms. The Morgan fingerprint density at radius 2 is 2.10 bits per heavy atom. The Bertz CT molecular complexity index is 433. The fraction of sp³-hybridized carbons (Fsp3) is 0.562. The van der Waals surface area contributed by atoms with Crippen LogP contribution >= 0.6 is 0 Å². The Balaban J connectivity index is 1.93. The van der Waals surface area contributed by atoms with E-state index in [0.29, 0.717) is 12.5 Å². The van der Waals surface area contributed by atoms with E-state index in [9.17, 15) is 4.79 Å². The van der Waals surface area contributed by atoms with Crippen LogP contribution in [-0.4, -0.2) is 55.0 Å². The van der Waals surface area contributed by atoms with E-state index in [1.54, 1.807) is 0 Å². The highest BCUT2D eigenvalue weighted by Crippen LogP contribution is 2.15. The van der Waals surface area contributed by atoms with Crippen molar-refractivity contribution in [3.63, 3.8) is 0 Å². The predicted octanol–water partition coefficient (Wildman–Crippen LogP) is 1.11. The van der Waals surface area contributed by atoms with Gasteiger partial charge in [-0.15, -0.1) is 0 Å². The van der Waals surface area contributed by atoms with E-state index in [1.807, 2.05) is 35.2 Å². The van der Waals surface area contributed by atoms with Crippen LogP contribution in [0, 0.1) is 0 Å². The zero-order valence-corrected chi connectivity index (χ0v) is 12.5. The number of hydrogen-bond acceptors (Lipinski definition) is 3. The van der Waals surface area contributed by atoms with E-state index in [4.69, 9.17) is 5.73 Å². The third kappa shape index (κ3) is 3.81. The normalized spacial score (nSPS) is 21.0. The summed E-state index contributed by atoms with van der Waals surface area (Å²) in [4.78, 5) is 16.6. The maximum absolute atomic E-state index is 12.5. The minimum atomic E-state index is -0.432. The van der Waals surface area contributed by atoms with E-state index in [2.05, 4.69) is 19.0 Å². The first-order valence-electron chi connectivity index (χ1n) is 7.32. The van der Waals surface area contributed by atoms with Crippen LogP contribution in [0.4, 0.5) is 0 Å². The zero-order valence-electron chi connectivity index (χ0n) is 12.5. The Morgan fingerprint density at radius 1 is 1.40 bits per heavy atom. The summed E-state index contributed by atoms with van der Waals surface area (Å²) in [6.07, 6.45) is 2.83. The van der Waals surface area contributed by atoms with Crippen molar-refractivity contribution in [1.29, 1.82) is 0 Å². The van der Waals surface area contributed by atoms with Crippen molar-refractivity contribution in [2.45, 2.75) is 31.3 Å². The molecule has 0 saturated carbocycles. The van der Waals surface area contributed by atoms with Crippen molar-refractivity contribution in [1.82, 2.24) is 9.80 Å². The van der Waals surface area contributed by atoms with Crippen LogP contribution in [0.3, 0.4) is 0 Å². The third-order valence-electron chi connectivity index (χ3n) is 4.05. The van der Waals surface area contributed by atoms with E-state index >= 15 is 0 Å². The average Bonchev–Trinajstić information content (AvgIpc) is 2.47. The summed E-state index contributed by atoms with van der Waals surface area (Å²) in [7, 11) is 4.14. The molecule has 1 fully saturated rings. The minimum Gasteiger partial charge on any atom is -0.340 e. The van der Waals surface area contributed by atoms with Crippen molar-refractivity contribution in [2.75, 3.05) is 27.2 Å². The molecule has 110 valence electrons. The summed E-state index contributed by atoms with van der Waals surface area (Å²) in [5.41, 5.74) is 7.22. The second-order valence-corrected chi connectivity index (χ2v) is 5.84. The van der Waals surface area contributed by atoms with E-state index in [0.717, 1.165) is 31.5 Å². The molecule has 0 spiro atoms. The molecule has 0 aliphatic carbocycles. The number of likely N-dealkylation sites (N-methyl/N-ethyl adjacent to an activating group) is 1. The van der Waals surface area contributed by atoms with Crippen molar-refractivity contribution >= 4 is 5.91 Å². The standard InChI is InChI=1S/C16H25N3O/c1-18(2)14-9-6-10-19(12-14)16(20)15(17)11-13-7-4-3-5-8-13/h3-5,7-8,14-15H,6,9-12,17H2,1-2H3/t14-,15+/m0/s1. The Kier molecular flexibility index (Phi) is 5.15. The number of rotatable bonds is 4. The van der Waals surface area contributed by atoms with Gasteiger partial charge in [0, 0.05) is 19.1 Å². The van der Waals surface area contributed by atoms with Gasteiger partial charge in [-0.3, -0.25) is 4.79 Å². The number of amides is 1. The van der Waals surface area contributed by atoms with Gasteiger partial charge in [-0.1, -0.05) is 30.3 Å². The predicted molar refractivity (Wildman–Crippen MR) is 81.4 cm³/mol. The van der Waals surface area contributed by atoms with Gasteiger partial charge in [0.05, 0.1) is 6.04 Å². The number of likely N-dealkylation sites (tertiary alicyclic amines) is 1. The van der Waals surface area contributed by atoms with Crippen LogP contribution in [0.2, 0.25) is 0 Å². The molecule has 0 radical (unpaired) electrons. The van der Waals surface area contributed by atoms with Crippen LogP contribution in [-0.2, 0) is 11.2 Å². The van der Waals surface area contributed by atoms with Gasteiger partial charge in [0.2, 0.25) is 5.91 Å². The molecule has 4 nitrogen and oxygen atoms in total. The van der Waals surface area contributed by atoms with Crippen molar-refractivity contribution in [3.8, 4) is 0 Å². The summed E-state index contributed by atoms with van der Waals surface area (Å²) in [6.45, 7) is 1.64. The second-order valence-electron chi connectivity index (χ2n) is 5.84. The van der Waals surface area contributed by atoms with E-state index in [1.165, 1.54) is 0 Å². The third-order valence-corrected chi connectivity index (χ3v) is 4.05. The fourth-order valence-corrected chi connectivity index (χ4v) is 2.77. The highest BCUT2D eigenvalue weighted by atomic mass is 16.2. The molecule has 1 aromatic carbocycles. The van der Waals surface area contributed by atoms with E-state index in [-0.39, 0.29) is 5.91 Å². The summed E-state index contributed by atoms with van der Waals surface area (Å²) in [5, 5.41) is 0. The first-order chi connectivity index (χ1) is 9.58. The second kappa shape index (κ2) is 6.86. The van der Waals surface area contributed by atoms with Gasteiger partial charge in [-0.05, 0) is 38.9 Å². The van der Waals surface area contributed by atoms with Gasteiger partial charge in [-0.25, -0.2) is 0 Å². The fourth-order valence-electron chi connectivity index (χ4n) is 2.77. The molecule has 1 aliphatic rings. The monoisotopic (exact) mass is 275 g/mol. The smallest absolute Gasteiger partial charge is 0.239 e. The number of benzene rings is 1. The lowest BCUT2D eigenvalue weighted by Crippen LogP contribution is -2.52. The summed E-state index contributed by atoms with van der Waals surface area (Å²) in [6, 6.07) is 10.0. The number of carbonyl (C=O) groups excluding carboxylic acids is 1. The average molecular weight is 275 g/mol. The first kappa shape index (κ1) is 15.0. The van der Waals surface area contributed by atoms with Gasteiger partial charge in [-0.2, -0.15) is 0 Å². The highest BCUT2D eigenvalue weighted by Gasteiger charge is 2.27. The number of nitrogens with two attached hydrogens (primary N) is 1. The molecular weight excluding hydrogens is 250 g/mol. The number of hydrogen-bond donors (Lipinski definition) is 1. The molecule has 1 heterocycles. The van der Waals surface area contributed by atoms with Gasteiger partial charge in [0.1, 0.15) is 0 Å². The Hall–Kier alpha value is -1.39. The first-order valence-corrected chi connectivity index (χ1v) is 7.32. The maximum atomic E-state index is 12.5. The van der Waals surface area contributed by atoms with Gasteiger partial charge >= 0.3 is 0 Å². The summed E-state index contributed by atoms with van der Waals surface area (Å²) in [5.74, 6) is 0.0837. The molecular formula is C16H25N3O.